The van der Waals surface area contributed by atoms with Gasteiger partial charge in [0, 0.05) is 60.6 Å². The first-order chi connectivity index (χ1) is 15.2. The highest BCUT2D eigenvalue weighted by Crippen LogP contribution is 2.47. The molecule has 32 heavy (non-hydrogen) atoms. The van der Waals surface area contributed by atoms with Crippen molar-refractivity contribution in [3.63, 3.8) is 0 Å². The van der Waals surface area contributed by atoms with E-state index >= 15 is 0 Å². The average molecular weight is 467 g/mol. The van der Waals surface area contributed by atoms with Crippen LogP contribution < -0.4 is 5.32 Å². The minimum atomic E-state index is -2.54. The molecule has 1 aromatic rings. The second-order valence-corrected chi connectivity index (χ2v) is 12.0. The number of fused-ring (bicyclic) bond motifs is 2. The Morgan fingerprint density at radius 1 is 1.28 bits per heavy atom. The molecule has 2 aliphatic heterocycles. The summed E-state index contributed by atoms with van der Waals surface area (Å²) in [5.41, 5.74) is 1.37. The molecule has 0 unspecified atom stereocenters. The summed E-state index contributed by atoms with van der Waals surface area (Å²) in [7, 11) is 0. The Morgan fingerprint density at radius 2 is 2.06 bits per heavy atom. The normalized spacial score (nSPS) is 34.6. The number of carbonyl (C=O) groups excluding carboxylic acids is 1. The number of aryl methyl sites for hydroxylation is 1. The van der Waals surface area contributed by atoms with Crippen molar-refractivity contribution >= 4 is 17.2 Å². The molecule has 1 N–H and O–H groups in total. The number of hydrogen-bond acceptors (Lipinski definition) is 4. The first-order valence-electron chi connectivity index (χ1n) is 12.4. The molecule has 5 rings (SSSR count). The maximum atomic E-state index is 12.9. The minimum Gasteiger partial charge on any atom is -0.370 e. The second kappa shape index (κ2) is 8.62. The summed E-state index contributed by atoms with van der Waals surface area (Å²) < 4.78 is 32.4. The Morgan fingerprint density at radius 3 is 2.75 bits per heavy atom. The largest absolute Gasteiger partial charge is 0.370 e. The van der Waals surface area contributed by atoms with Gasteiger partial charge in [0.1, 0.15) is 0 Å². The lowest BCUT2D eigenvalue weighted by atomic mass is 9.76. The lowest BCUT2D eigenvalue weighted by Crippen LogP contribution is -2.54. The molecule has 4 nitrogen and oxygen atoms in total. The number of halogens is 2. The zero-order chi connectivity index (χ0) is 22.5. The summed E-state index contributed by atoms with van der Waals surface area (Å²) in [4.78, 5) is 17.7. The number of alkyl halides is 2. The predicted molar refractivity (Wildman–Crippen MR) is 122 cm³/mol. The first-order valence-corrected chi connectivity index (χ1v) is 13.2. The molecular formula is C25H36F2N2O2S. The number of hydrogen-bond donors (Lipinski definition) is 1. The molecule has 1 amide bonds. The number of piperidine rings is 1. The molecule has 3 fully saturated rings. The van der Waals surface area contributed by atoms with Crippen LogP contribution in [0.25, 0.3) is 0 Å². The smallest absolute Gasteiger partial charge is 0.248 e. The Balaban J connectivity index is 1.08. The maximum Gasteiger partial charge on any atom is 0.248 e. The predicted octanol–water partition coefficient (Wildman–Crippen LogP) is 4.89. The molecule has 1 spiro atoms. The van der Waals surface area contributed by atoms with E-state index in [-0.39, 0.29) is 42.7 Å². The number of nitrogens with one attached hydrogen (secondary N) is 1. The molecule has 1 saturated heterocycles. The zero-order valence-corrected chi connectivity index (χ0v) is 20.1. The molecule has 178 valence electrons. The van der Waals surface area contributed by atoms with Crippen molar-refractivity contribution in [3.05, 3.63) is 21.4 Å². The van der Waals surface area contributed by atoms with Crippen LogP contribution in [0.1, 0.15) is 74.1 Å². The fraction of sp³-hybridized carbons (Fsp3) is 0.800. The van der Waals surface area contributed by atoms with Crippen molar-refractivity contribution < 1.29 is 18.3 Å². The van der Waals surface area contributed by atoms with Gasteiger partial charge in [-0.1, -0.05) is 6.92 Å². The van der Waals surface area contributed by atoms with Gasteiger partial charge in [0.25, 0.3) is 0 Å². The second-order valence-electron chi connectivity index (χ2n) is 10.7. The third-order valence-corrected chi connectivity index (χ3v) is 9.54. The molecule has 1 aromatic heterocycles. The third-order valence-electron chi connectivity index (χ3n) is 8.20. The van der Waals surface area contributed by atoms with Crippen molar-refractivity contribution in [1.29, 1.82) is 0 Å². The van der Waals surface area contributed by atoms with Crippen LogP contribution in [0.15, 0.2) is 6.07 Å². The highest BCUT2D eigenvalue weighted by molar-refractivity contribution is 7.12. The summed E-state index contributed by atoms with van der Waals surface area (Å²) in [5, 5.41) is 3.07. The molecule has 2 aliphatic carbocycles. The van der Waals surface area contributed by atoms with E-state index < -0.39 is 5.92 Å². The highest BCUT2D eigenvalue weighted by atomic mass is 32.1. The molecule has 2 saturated carbocycles. The maximum absolute atomic E-state index is 12.9. The van der Waals surface area contributed by atoms with Crippen molar-refractivity contribution in [2.75, 3.05) is 19.7 Å². The van der Waals surface area contributed by atoms with Gasteiger partial charge < -0.3 is 15.0 Å². The molecule has 4 aliphatic rings. The third kappa shape index (κ3) is 4.49. The number of ether oxygens (including phenoxy) is 1. The van der Waals surface area contributed by atoms with E-state index in [1.165, 1.54) is 15.3 Å². The molecule has 0 bridgehead atoms. The van der Waals surface area contributed by atoms with E-state index in [0.717, 1.165) is 58.2 Å². The summed E-state index contributed by atoms with van der Waals surface area (Å²) in [6.07, 6.45) is 6.28. The number of likely N-dealkylation sites (tertiary alicyclic amines) is 1. The Kier molecular flexibility index (Phi) is 6.13. The van der Waals surface area contributed by atoms with Crippen LogP contribution in [0.4, 0.5) is 8.78 Å². The molecule has 0 aromatic carbocycles. The minimum absolute atomic E-state index is 0.0466. The standard InChI is InChI=1S/C25H36F2N2O2S/c1-3-20-11-21-22(32-20)4-7-31-24(21)5-6-29(16(2)12-24)15-17-8-19(9-17)28-23(30)10-18-13-25(26,27)14-18/h11,16-19H,3-10,12-15H2,1-2H3,(H,28,30)/t16-,17-,19+,24+/m0/s1. The molecule has 3 heterocycles. The van der Waals surface area contributed by atoms with Crippen LogP contribution in [0.3, 0.4) is 0 Å². The van der Waals surface area contributed by atoms with E-state index in [0.29, 0.717) is 12.0 Å². The van der Waals surface area contributed by atoms with Crippen LogP contribution in [-0.2, 0) is 28.0 Å². The fourth-order valence-electron chi connectivity index (χ4n) is 6.36. The van der Waals surface area contributed by atoms with E-state index in [4.69, 9.17) is 4.74 Å². The first kappa shape index (κ1) is 22.7. The van der Waals surface area contributed by atoms with Crippen LogP contribution in [0.5, 0.6) is 0 Å². The Bertz CT molecular complexity index is 845. The van der Waals surface area contributed by atoms with Crippen LogP contribution in [-0.4, -0.2) is 48.5 Å². The van der Waals surface area contributed by atoms with Gasteiger partial charge >= 0.3 is 0 Å². The van der Waals surface area contributed by atoms with E-state index in [9.17, 15) is 13.6 Å². The van der Waals surface area contributed by atoms with Crippen molar-refractivity contribution in [2.45, 2.75) is 95.2 Å². The molecule has 0 radical (unpaired) electrons. The van der Waals surface area contributed by atoms with Crippen molar-refractivity contribution in [3.8, 4) is 0 Å². The Labute approximate surface area is 194 Å². The number of rotatable bonds is 6. The number of thiophene rings is 1. The van der Waals surface area contributed by atoms with Crippen LogP contribution in [0, 0.1) is 11.8 Å². The van der Waals surface area contributed by atoms with Gasteiger partial charge in [0.15, 0.2) is 0 Å². The average Bonchev–Trinajstić information content (AvgIpc) is 3.12. The monoisotopic (exact) mass is 466 g/mol. The van der Waals surface area contributed by atoms with Gasteiger partial charge in [-0.3, -0.25) is 4.79 Å². The van der Waals surface area contributed by atoms with E-state index in [1.54, 1.807) is 0 Å². The van der Waals surface area contributed by atoms with Gasteiger partial charge in [-0.25, -0.2) is 8.78 Å². The number of amides is 1. The van der Waals surface area contributed by atoms with Crippen molar-refractivity contribution in [1.82, 2.24) is 10.2 Å². The fourth-order valence-corrected chi connectivity index (χ4v) is 7.54. The Hall–Kier alpha value is -1.05. The highest BCUT2D eigenvalue weighted by Gasteiger charge is 2.47. The number of nitrogens with zero attached hydrogens (tertiary/aromatic N) is 1. The topological polar surface area (TPSA) is 41.6 Å². The van der Waals surface area contributed by atoms with Crippen molar-refractivity contribution in [2.24, 2.45) is 11.8 Å². The van der Waals surface area contributed by atoms with E-state index in [1.807, 2.05) is 11.3 Å². The SMILES string of the molecule is CCc1cc2c(s1)CCO[C@@]21CCN(C[C@H]2C[C@@H](NC(=O)CC3CC(F)(F)C3)C2)[C@@H](C)C1. The van der Waals surface area contributed by atoms with Gasteiger partial charge in [0.05, 0.1) is 12.2 Å². The molecule has 7 heteroatoms. The zero-order valence-electron chi connectivity index (χ0n) is 19.3. The van der Waals surface area contributed by atoms with E-state index in [2.05, 4.69) is 30.1 Å². The quantitative estimate of drug-likeness (QED) is 0.649. The van der Waals surface area contributed by atoms with Crippen LogP contribution >= 0.6 is 11.3 Å². The van der Waals surface area contributed by atoms with Gasteiger partial charge in [0.2, 0.25) is 11.8 Å². The summed E-state index contributed by atoms with van der Waals surface area (Å²) in [5.74, 6) is -2.11. The van der Waals surface area contributed by atoms with Gasteiger partial charge in [-0.2, -0.15) is 0 Å². The van der Waals surface area contributed by atoms with Crippen LogP contribution in [0.2, 0.25) is 0 Å². The van der Waals surface area contributed by atoms with Gasteiger partial charge in [-0.15, -0.1) is 11.3 Å². The summed E-state index contributed by atoms with van der Waals surface area (Å²) >= 11 is 1.98. The molecule has 2 atom stereocenters. The molecular weight excluding hydrogens is 430 g/mol. The lowest BCUT2D eigenvalue weighted by Gasteiger charge is -2.49. The summed E-state index contributed by atoms with van der Waals surface area (Å²) in [6.45, 7) is 7.54. The number of carbonyl (C=O) groups is 1. The lowest BCUT2D eigenvalue weighted by molar-refractivity contribution is -0.135. The van der Waals surface area contributed by atoms with Gasteiger partial charge in [-0.05, 0) is 62.5 Å². The summed E-state index contributed by atoms with van der Waals surface area (Å²) in [6, 6.07) is 3.11.